The minimum absolute atomic E-state index is 0.0472. The molecule has 3 aromatic carbocycles. The van der Waals surface area contributed by atoms with Crippen LogP contribution in [0.2, 0.25) is 0 Å². The van der Waals surface area contributed by atoms with E-state index in [9.17, 15) is 17.6 Å². The highest BCUT2D eigenvalue weighted by Gasteiger charge is 2.18. The van der Waals surface area contributed by atoms with Gasteiger partial charge in [0, 0.05) is 11.3 Å². The second-order valence-electron chi connectivity index (χ2n) is 7.19. The summed E-state index contributed by atoms with van der Waals surface area (Å²) in [6.07, 6.45) is 0. The first-order chi connectivity index (χ1) is 15.2. The third kappa shape index (κ3) is 4.58. The molecule has 0 radical (unpaired) electrons. The Morgan fingerprint density at radius 3 is 2.19 bits per heavy atom. The van der Waals surface area contributed by atoms with E-state index in [1.54, 1.807) is 30.3 Å². The molecule has 0 aliphatic heterocycles. The lowest BCUT2D eigenvalue weighted by atomic mass is 10.1. The summed E-state index contributed by atoms with van der Waals surface area (Å²) in [6.45, 7) is 1.95. The van der Waals surface area contributed by atoms with Crippen LogP contribution in [0.3, 0.4) is 0 Å². The molecule has 0 bridgehead atoms. The smallest absolute Gasteiger partial charge is 0.276 e. The van der Waals surface area contributed by atoms with Gasteiger partial charge in [-0.1, -0.05) is 17.7 Å². The van der Waals surface area contributed by atoms with E-state index in [1.165, 1.54) is 41.1 Å². The van der Waals surface area contributed by atoms with Gasteiger partial charge in [-0.05, 0) is 73.7 Å². The number of nitrogens with one attached hydrogen (secondary N) is 1. The Morgan fingerprint density at radius 1 is 0.969 bits per heavy atom. The highest BCUT2D eigenvalue weighted by Crippen LogP contribution is 2.25. The summed E-state index contributed by atoms with van der Waals surface area (Å²) < 4.78 is 38.0. The first-order valence-corrected chi connectivity index (χ1v) is 11.1. The molecule has 32 heavy (non-hydrogen) atoms. The van der Waals surface area contributed by atoms with Crippen molar-refractivity contribution < 1.29 is 17.6 Å². The van der Waals surface area contributed by atoms with Crippen LogP contribution in [0.4, 0.5) is 10.1 Å². The van der Waals surface area contributed by atoms with Gasteiger partial charge in [-0.15, -0.1) is 0 Å². The Bertz CT molecular complexity index is 1380. The van der Waals surface area contributed by atoms with Crippen molar-refractivity contribution in [2.24, 2.45) is 5.14 Å². The molecule has 4 aromatic rings. The van der Waals surface area contributed by atoms with Gasteiger partial charge < -0.3 is 5.32 Å². The van der Waals surface area contributed by atoms with Crippen LogP contribution in [-0.4, -0.2) is 24.1 Å². The van der Waals surface area contributed by atoms with E-state index in [-0.39, 0.29) is 10.6 Å². The van der Waals surface area contributed by atoms with Gasteiger partial charge in [-0.2, -0.15) is 5.10 Å². The number of hydrogen-bond acceptors (Lipinski definition) is 4. The van der Waals surface area contributed by atoms with Gasteiger partial charge in [0.15, 0.2) is 5.69 Å². The van der Waals surface area contributed by atoms with E-state index in [0.29, 0.717) is 22.6 Å². The number of amides is 1. The molecule has 0 saturated heterocycles. The number of benzene rings is 3. The second kappa shape index (κ2) is 8.37. The van der Waals surface area contributed by atoms with Crippen LogP contribution < -0.4 is 10.5 Å². The lowest BCUT2D eigenvalue weighted by Crippen LogP contribution is -2.13. The number of nitrogens with zero attached hydrogens (tertiary/aromatic N) is 2. The molecule has 162 valence electrons. The quantitative estimate of drug-likeness (QED) is 0.481. The number of anilines is 1. The Hall–Kier alpha value is -3.82. The van der Waals surface area contributed by atoms with E-state index in [0.717, 1.165) is 5.56 Å². The number of sulfonamides is 1. The molecule has 0 spiro atoms. The number of carbonyl (C=O) groups excluding carboxylic acids is 1. The van der Waals surface area contributed by atoms with Crippen LogP contribution in [-0.2, 0) is 10.0 Å². The predicted molar refractivity (Wildman–Crippen MR) is 119 cm³/mol. The maximum absolute atomic E-state index is 13.4. The number of hydrogen-bond donors (Lipinski definition) is 2. The normalized spacial score (nSPS) is 11.3. The minimum Gasteiger partial charge on any atom is -0.321 e. The maximum Gasteiger partial charge on any atom is 0.276 e. The van der Waals surface area contributed by atoms with Crippen molar-refractivity contribution in [2.45, 2.75) is 11.8 Å². The fraction of sp³-hybridized carbons (Fsp3) is 0.0435. The Kier molecular flexibility index (Phi) is 5.60. The molecule has 0 saturated carbocycles. The topological polar surface area (TPSA) is 107 Å². The van der Waals surface area contributed by atoms with Gasteiger partial charge in [-0.25, -0.2) is 22.6 Å². The third-order valence-corrected chi connectivity index (χ3v) is 5.73. The summed E-state index contributed by atoms with van der Waals surface area (Å²) in [5, 5.41) is 12.4. The lowest BCUT2D eigenvalue weighted by Gasteiger charge is -2.08. The van der Waals surface area contributed by atoms with Crippen molar-refractivity contribution in [2.75, 3.05) is 5.32 Å². The molecule has 1 amide bonds. The van der Waals surface area contributed by atoms with Gasteiger partial charge in [0.25, 0.3) is 5.91 Å². The summed E-state index contributed by atoms with van der Waals surface area (Å²) in [6, 6.07) is 20.5. The Balaban J connectivity index is 1.75. The van der Waals surface area contributed by atoms with Gasteiger partial charge in [0.2, 0.25) is 10.0 Å². The van der Waals surface area contributed by atoms with Crippen molar-refractivity contribution in [1.82, 2.24) is 9.78 Å². The first-order valence-electron chi connectivity index (χ1n) is 9.58. The summed E-state index contributed by atoms with van der Waals surface area (Å²) in [5.41, 5.74) is 3.49. The van der Waals surface area contributed by atoms with Crippen molar-refractivity contribution in [3.05, 3.63) is 95.9 Å². The van der Waals surface area contributed by atoms with E-state index < -0.39 is 21.7 Å². The number of rotatable bonds is 5. The average molecular weight is 450 g/mol. The van der Waals surface area contributed by atoms with Crippen LogP contribution in [0.5, 0.6) is 0 Å². The number of nitrogens with two attached hydrogens (primary N) is 1. The monoisotopic (exact) mass is 450 g/mol. The highest BCUT2D eigenvalue weighted by atomic mass is 32.2. The number of aromatic nitrogens is 2. The maximum atomic E-state index is 13.4. The summed E-state index contributed by atoms with van der Waals surface area (Å²) in [4.78, 5) is 12.8. The molecular weight excluding hydrogens is 431 g/mol. The third-order valence-electron chi connectivity index (χ3n) is 4.80. The average Bonchev–Trinajstić information content (AvgIpc) is 3.21. The van der Waals surface area contributed by atoms with Gasteiger partial charge in [0.05, 0.1) is 16.3 Å². The standard InChI is InChI=1S/C23H19FN4O3S/c1-15-2-8-18(9-3-15)26-23(29)21-14-22(16-4-6-17(24)7-5-16)28(27-21)19-10-12-20(13-11-19)32(25,30)31/h2-14H,1H3,(H,26,29)(H2,25,30,31). The van der Waals surface area contributed by atoms with Crippen LogP contribution in [0, 0.1) is 12.7 Å². The van der Waals surface area contributed by atoms with Crippen LogP contribution in [0.15, 0.2) is 83.8 Å². The molecule has 7 nitrogen and oxygen atoms in total. The zero-order chi connectivity index (χ0) is 22.9. The molecule has 0 fully saturated rings. The summed E-state index contributed by atoms with van der Waals surface area (Å²) in [7, 11) is -3.85. The molecule has 0 aliphatic rings. The molecule has 1 heterocycles. The van der Waals surface area contributed by atoms with E-state index >= 15 is 0 Å². The lowest BCUT2D eigenvalue weighted by molar-refractivity contribution is 0.102. The van der Waals surface area contributed by atoms with Crippen LogP contribution in [0.25, 0.3) is 16.9 Å². The number of carbonyl (C=O) groups is 1. The predicted octanol–water partition coefficient (Wildman–Crippen LogP) is 3.89. The molecule has 1 aromatic heterocycles. The van der Waals surface area contributed by atoms with Crippen LogP contribution >= 0.6 is 0 Å². The SMILES string of the molecule is Cc1ccc(NC(=O)c2cc(-c3ccc(F)cc3)n(-c3ccc(S(N)(=O)=O)cc3)n2)cc1. The number of primary sulfonamides is 1. The van der Waals surface area contributed by atoms with E-state index in [1.807, 2.05) is 19.1 Å². The fourth-order valence-electron chi connectivity index (χ4n) is 3.12. The van der Waals surface area contributed by atoms with Crippen molar-refractivity contribution >= 4 is 21.6 Å². The van der Waals surface area contributed by atoms with Crippen molar-refractivity contribution in [3.63, 3.8) is 0 Å². The summed E-state index contributed by atoms with van der Waals surface area (Å²) >= 11 is 0. The van der Waals surface area contributed by atoms with Crippen molar-refractivity contribution in [3.8, 4) is 16.9 Å². The zero-order valence-corrected chi connectivity index (χ0v) is 17.8. The van der Waals surface area contributed by atoms with Gasteiger partial charge in [0.1, 0.15) is 5.82 Å². The zero-order valence-electron chi connectivity index (χ0n) is 17.0. The number of aryl methyl sites for hydroxylation is 1. The van der Waals surface area contributed by atoms with Crippen molar-refractivity contribution in [1.29, 1.82) is 0 Å². The van der Waals surface area contributed by atoms with E-state index in [4.69, 9.17) is 5.14 Å². The molecule has 0 unspecified atom stereocenters. The number of halogens is 1. The summed E-state index contributed by atoms with van der Waals surface area (Å²) in [5.74, 6) is -0.813. The first kappa shape index (κ1) is 21.4. The Morgan fingerprint density at radius 2 is 1.59 bits per heavy atom. The molecule has 0 atom stereocenters. The van der Waals surface area contributed by atoms with Gasteiger partial charge >= 0.3 is 0 Å². The van der Waals surface area contributed by atoms with E-state index in [2.05, 4.69) is 10.4 Å². The van der Waals surface area contributed by atoms with Gasteiger partial charge in [-0.3, -0.25) is 4.79 Å². The molecular formula is C23H19FN4O3S. The largest absolute Gasteiger partial charge is 0.321 e. The molecule has 9 heteroatoms. The van der Waals surface area contributed by atoms with Crippen LogP contribution in [0.1, 0.15) is 16.1 Å². The highest BCUT2D eigenvalue weighted by molar-refractivity contribution is 7.89. The fourth-order valence-corrected chi connectivity index (χ4v) is 3.64. The molecule has 4 rings (SSSR count). The molecule has 0 aliphatic carbocycles. The molecule has 3 N–H and O–H groups in total. The second-order valence-corrected chi connectivity index (χ2v) is 8.75. The Labute approximate surface area is 184 Å². The minimum atomic E-state index is -3.85.